The molecule has 0 aromatic heterocycles. The number of carbonyl (C=O) groups is 2. The number of carboxylic acids is 1. The van der Waals surface area contributed by atoms with E-state index in [9.17, 15) is 9.59 Å². The predicted octanol–water partition coefficient (Wildman–Crippen LogP) is 0.623. The monoisotopic (exact) mass is 161 g/mol. The number of hydrogen-bond acceptors (Lipinski definition) is 2. The van der Waals surface area contributed by atoms with Gasteiger partial charge in [0.2, 0.25) is 5.91 Å². The van der Waals surface area contributed by atoms with Crippen LogP contribution < -0.4 is 5.32 Å². The Labute approximate surface area is 66.6 Å². The van der Waals surface area contributed by atoms with Crippen molar-refractivity contribution in [3.8, 4) is 0 Å². The van der Waals surface area contributed by atoms with E-state index in [2.05, 4.69) is 19.2 Å². The van der Waals surface area contributed by atoms with E-state index in [0.717, 1.165) is 0 Å². The van der Waals surface area contributed by atoms with Crippen molar-refractivity contribution >= 4 is 11.9 Å². The minimum absolute atomic E-state index is 0.296. The average molecular weight is 161 g/mol. The molecule has 0 aliphatic carbocycles. The third kappa shape index (κ3) is 27.7. The van der Waals surface area contributed by atoms with Crippen LogP contribution in [0.2, 0.25) is 0 Å². The van der Waals surface area contributed by atoms with Crippen molar-refractivity contribution in [1.82, 2.24) is 5.32 Å². The molecule has 0 aromatic carbocycles. The van der Waals surface area contributed by atoms with Crippen molar-refractivity contribution < 1.29 is 14.7 Å². The van der Waals surface area contributed by atoms with Crippen molar-refractivity contribution in [2.24, 2.45) is 0 Å². The molecule has 66 valence electrons. The highest BCUT2D eigenvalue weighted by molar-refractivity contribution is 5.79. The lowest BCUT2D eigenvalue weighted by atomic mass is 10.6. The van der Waals surface area contributed by atoms with Gasteiger partial charge in [0.1, 0.15) is 6.54 Å². The summed E-state index contributed by atoms with van der Waals surface area (Å²) in [5.74, 6) is -1.35. The molecule has 0 aliphatic rings. The molecular formula is C7H15NO3. The summed E-state index contributed by atoms with van der Waals surface area (Å²) in [6.45, 7) is 5.22. The first-order chi connectivity index (χ1) is 5.04. The lowest BCUT2D eigenvalue weighted by Gasteiger charge is -1.92. The molecule has 0 saturated carbocycles. The van der Waals surface area contributed by atoms with E-state index in [1.165, 1.54) is 13.3 Å². The number of carboxylic acid groups (broad SMARTS) is 1. The van der Waals surface area contributed by atoms with Crippen molar-refractivity contribution in [1.29, 1.82) is 0 Å². The first kappa shape index (κ1) is 12.6. The molecule has 0 heterocycles. The van der Waals surface area contributed by atoms with Gasteiger partial charge in [-0.1, -0.05) is 20.3 Å². The fraction of sp³-hybridized carbons (Fsp3) is 0.714. The second-order valence-electron chi connectivity index (χ2n) is 2.01. The van der Waals surface area contributed by atoms with Gasteiger partial charge in [0, 0.05) is 6.92 Å². The molecule has 0 rings (SSSR count). The average Bonchev–Trinajstić information content (AvgIpc) is 1.85. The fourth-order valence-electron chi connectivity index (χ4n) is 0.200. The van der Waals surface area contributed by atoms with Gasteiger partial charge in [-0.2, -0.15) is 0 Å². The van der Waals surface area contributed by atoms with Gasteiger partial charge in [-0.3, -0.25) is 9.59 Å². The highest BCUT2D eigenvalue weighted by Crippen LogP contribution is 1.60. The molecular weight excluding hydrogens is 146 g/mol. The molecule has 4 nitrogen and oxygen atoms in total. The minimum Gasteiger partial charge on any atom is -0.480 e. The molecule has 4 heteroatoms. The van der Waals surface area contributed by atoms with Crippen LogP contribution in [0.4, 0.5) is 0 Å². The number of nitrogens with one attached hydrogen (secondary N) is 1. The molecule has 0 spiro atoms. The molecule has 0 aliphatic heterocycles. The van der Waals surface area contributed by atoms with Crippen molar-refractivity contribution in [2.75, 3.05) is 6.54 Å². The van der Waals surface area contributed by atoms with Crippen LogP contribution in [0.25, 0.3) is 0 Å². The van der Waals surface area contributed by atoms with Crippen LogP contribution in [0.15, 0.2) is 0 Å². The Morgan fingerprint density at radius 2 is 1.73 bits per heavy atom. The van der Waals surface area contributed by atoms with Crippen LogP contribution in [0.5, 0.6) is 0 Å². The number of aliphatic carboxylic acids is 1. The van der Waals surface area contributed by atoms with Crippen LogP contribution in [-0.2, 0) is 9.59 Å². The highest BCUT2D eigenvalue weighted by atomic mass is 16.4. The zero-order chi connectivity index (χ0) is 9.28. The molecule has 2 N–H and O–H groups in total. The number of carbonyl (C=O) groups excluding carboxylic acids is 1. The summed E-state index contributed by atoms with van der Waals surface area (Å²) >= 11 is 0. The maximum atomic E-state index is 9.97. The Bertz CT molecular complexity index is 109. The molecule has 0 bridgehead atoms. The number of amides is 1. The molecule has 0 fully saturated rings. The minimum atomic E-state index is -1.03. The Kier molecular flexibility index (Phi) is 10.2. The van der Waals surface area contributed by atoms with Crippen LogP contribution in [0.3, 0.4) is 0 Å². The zero-order valence-electron chi connectivity index (χ0n) is 7.18. The molecule has 0 saturated heterocycles. The quantitative estimate of drug-likeness (QED) is 0.624. The molecule has 0 atom stereocenters. The predicted molar refractivity (Wildman–Crippen MR) is 42.3 cm³/mol. The summed E-state index contributed by atoms with van der Waals surface area (Å²) < 4.78 is 0. The summed E-state index contributed by atoms with van der Waals surface area (Å²) in [7, 11) is 0. The first-order valence-corrected chi connectivity index (χ1v) is 3.50. The summed E-state index contributed by atoms with van der Waals surface area (Å²) in [6, 6.07) is 0. The molecule has 11 heavy (non-hydrogen) atoms. The van der Waals surface area contributed by atoms with E-state index in [4.69, 9.17) is 5.11 Å². The summed E-state index contributed by atoms with van der Waals surface area (Å²) in [5.41, 5.74) is 0. The van der Waals surface area contributed by atoms with Crippen molar-refractivity contribution in [2.45, 2.75) is 27.2 Å². The maximum Gasteiger partial charge on any atom is 0.322 e. The van der Waals surface area contributed by atoms with Gasteiger partial charge in [-0.25, -0.2) is 0 Å². The van der Waals surface area contributed by atoms with E-state index in [1.807, 2.05) is 0 Å². The number of rotatable bonds is 2. The molecule has 0 radical (unpaired) electrons. The Balaban J connectivity index is 0. The first-order valence-electron chi connectivity index (χ1n) is 3.50. The van der Waals surface area contributed by atoms with Crippen LogP contribution >= 0.6 is 0 Å². The van der Waals surface area contributed by atoms with Crippen LogP contribution in [0, 0.1) is 0 Å². The topological polar surface area (TPSA) is 66.4 Å². The second kappa shape index (κ2) is 8.94. The third-order valence-corrected chi connectivity index (χ3v) is 0.489. The van der Waals surface area contributed by atoms with Gasteiger partial charge in [-0.15, -0.1) is 0 Å². The SMILES string of the molecule is CC(=O)NCC(=O)O.CCC. The lowest BCUT2D eigenvalue weighted by molar-refractivity contribution is -0.137. The standard InChI is InChI=1S/C4H7NO3.C3H8/c1-3(6)5-2-4(7)8;1-3-2/h2H2,1H3,(H,5,6)(H,7,8);3H2,1-2H3. The van der Waals surface area contributed by atoms with Gasteiger partial charge in [0.25, 0.3) is 0 Å². The van der Waals surface area contributed by atoms with Gasteiger partial charge in [-0.05, 0) is 0 Å². The zero-order valence-corrected chi connectivity index (χ0v) is 7.18. The summed E-state index contributed by atoms with van der Waals surface area (Å²) in [5, 5.41) is 10.1. The molecule has 0 unspecified atom stereocenters. The van der Waals surface area contributed by atoms with E-state index >= 15 is 0 Å². The van der Waals surface area contributed by atoms with E-state index in [1.54, 1.807) is 0 Å². The summed E-state index contributed by atoms with van der Waals surface area (Å²) in [6.07, 6.45) is 1.25. The normalized spacial score (nSPS) is 7.55. The Morgan fingerprint density at radius 3 is 1.82 bits per heavy atom. The van der Waals surface area contributed by atoms with Gasteiger partial charge < -0.3 is 10.4 Å². The van der Waals surface area contributed by atoms with Crippen molar-refractivity contribution in [3.63, 3.8) is 0 Å². The van der Waals surface area contributed by atoms with Crippen LogP contribution in [-0.4, -0.2) is 23.5 Å². The van der Waals surface area contributed by atoms with Gasteiger partial charge >= 0.3 is 5.97 Å². The van der Waals surface area contributed by atoms with Gasteiger partial charge in [0.05, 0.1) is 0 Å². The lowest BCUT2D eigenvalue weighted by Crippen LogP contribution is -2.26. The molecule has 0 aromatic rings. The summed E-state index contributed by atoms with van der Waals surface area (Å²) in [4.78, 5) is 19.7. The Hall–Kier alpha value is -1.06. The largest absolute Gasteiger partial charge is 0.480 e. The third-order valence-electron chi connectivity index (χ3n) is 0.489. The van der Waals surface area contributed by atoms with Gasteiger partial charge in [0.15, 0.2) is 0 Å². The fourth-order valence-corrected chi connectivity index (χ4v) is 0.200. The Morgan fingerprint density at radius 1 is 1.36 bits per heavy atom. The highest BCUT2D eigenvalue weighted by Gasteiger charge is 1.94. The van der Waals surface area contributed by atoms with E-state index in [-0.39, 0.29) is 12.5 Å². The van der Waals surface area contributed by atoms with E-state index < -0.39 is 5.97 Å². The maximum absolute atomic E-state index is 9.97. The van der Waals surface area contributed by atoms with Crippen LogP contribution in [0.1, 0.15) is 27.2 Å². The molecule has 1 amide bonds. The smallest absolute Gasteiger partial charge is 0.322 e. The second-order valence-corrected chi connectivity index (χ2v) is 2.01. The van der Waals surface area contributed by atoms with E-state index in [0.29, 0.717) is 0 Å². The number of hydrogen-bond donors (Lipinski definition) is 2. The van der Waals surface area contributed by atoms with Crippen molar-refractivity contribution in [3.05, 3.63) is 0 Å².